The van der Waals surface area contributed by atoms with Crippen LogP contribution in [0.1, 0.15) is 22.3 Å². The molecule has 0 unspecified atom stereocenters. The summed E-state index contributed by atoms with van der Waals surface area (Å²) in [6.07, 6.45) is 0.292. The number of aryl methyl sites for hydroxylation is 1. The van der Waals surface area contributed by atoms with Gasteiger partial charge in [0.2, 0.25) is 5.91 Å². The maximum atomic E-state index is 12.1. The third-order valence-corrected chi connectivity index (χ3v) is 2.65. The SMILES string of the molecule is CNC(=O)CCN(C)C(=O)c1cc(C)cc(N)c1. The molecule has 0 aromatic heterocycles. The molecule has 98 valence electrons. The summed E-state index contributed by atoms with van der Waals surface area (Å²) in [6, 6.07) is 5.24. The van der Waals surface area contributed by atoms with Gasteiger partial charge in [0, 0.05) is 38.3 Å². The summed E-state index contributed by atoms with van der Waals surface area (Å²) in [7, 11) is 3.25. The Balaban J connectivity index is 2.71. The van der Waals surface area contributed by atoms with E-state index in [9.17, 15) is 9.59 Å². The lowest BCUT2D eigenvalue weighted by atomic mass is 10.1. The molecule has 0 saturated carbocycles. The lowest BCUT2D eigenvalue weighted by Gasteiger charge is -2.17. The van der Waals surface area contributed by atoms with Crippen LogP contribution in [-0.4, -0.2) is 37.4 Å². The van der Waals surface area contributed by atoms with Crippen LogP contribution in [0.2, 0.25) is 0 Å². The molecule has 0 aliphatic carbocycles. The minimum Gasteiger partial charge on any atom is -0.399 e. The number of benzene rings is 1. The number of rotatable bonds is 4. The number of nitrogen functional groups attached to an aromatic ring is 1. The topological polar surface area (TPSA) is 75.4 Å². The number of anilines is 1. The van der Waals surface area contributed by atoms with Crippen molar-refractivity contribution >= 4 is 17.5 Å². The molecule has 0 atom stereocenters. The van der Waals surface area contributed by atoms with E-state index < -0.39 is 0 Å². The molecule has 0 fully saturated rings. The number of carbonyl (C=O) groups is 2. The van der Waals surface area contributed by atoms with E-state index in [0.717, 1.165) is 5.56 Å². The van der Waals surface area contributed by atoms with Crippen LogP contribution < -0.4 is 11.1 Å². The molecule has 0 aliphatic heterocycles. The lowest BCUT2D eigenvalue weighted by molar-refractivity contribution is -0.120. The maximum Gasteiger partial charge on any atom is 0.253 e. The Kier molecular flexibility index (Phi) is 4.71. The first-order chi connectivity index (χ1) is 8.43. The molecular weight excluding hydrogens is 230 g/mol. The number of hydrogen-bond acceptors (Lipinski definition) is 3. The summed E-state index contributed by atoms with van der Waals surface area (Å²) in [5.74, 6) is -0.215. The van der Waals surface area contributed by atoms with Gasteiger partial charge < -0.3 is 16.0 Å². The molecule has 1 aromatic rings. The average Bonchev–Trinajstić information content (AvgIpc) is 2.33. The van der Waals surface area contributed by atoms with Gasteiger partial charge in [-0.1, -0.05) is 0 Å². The second-order valence-electron chi connectivity index (χ2n) is 4.28. The van der Waals surface area contributed by atoms with E-state index in [0.29, 0.717) is 24.2 Å². The molecule has 0 aliphatic rings. The quantitative estimate of drug-likeness (QED) is 0.774. The van der Waals surface area contributed by atoms with E-state index in [4.69, 9.17) is 5.73 Å². The van der Waals surface area contributed by atoms with Gasteiger partial charge in [-0.2, -0.15) is 0 Å². The van der Waals surface area contributed by atoms with E-state index in [1.807, 2.05) is 6.92 Å². The number of amides is 2. The minimum absolute atomic E-state index is 0.0848. The van der Waals surface area contributed by atoms with Crippen molar-refractivity contribution in [3.05, 3.63) is 29.3 Å². The van der Waals surface area contributed by atoms with Gasteiger partial charge in [-0.3, -0.25) is 9.59 Å². The summed E-state index contributed by atoms with van der Waals surface area (Å²) in [5, 5.41) is 2.52. The van der Waals surface area contributed by atoms with Gasteiger partial charge in [0.25, 0.3) is 5.91 Å². The van der Waals surface area contributed by atoms with Crippen molar-refractivity contribution in [3.8, 4) is 0 Å². The highest BCUT2D eigenvalue weighted by Crippen LogP contribution is 2.13. The largest absolute Gasteiger partial charge is 0.399 e. The first-order valence-corrected chi connectivity index (χ1v) is 5.77. The van der Waals surface area contributed by atoms with Crippen LogP contribution in [-0.2, 0) is 4.79 Å². The Morgan fingerprint density at radius 2 is 2.00 bits per heavy atom. The van der Waals surface area contributed by atoms with Crippen molar-refractivity contribution in [1.29, 1.82) is 0 Å². The summed E-state index contributed by atoms with van der Waals surface area (Å²) in [6.45, 7) is 2.27. The number of nitrogens with one attached hydrogen (secondary N) is 1. The second-order valence-corrected chi connectivity index (χ2v) is 4.28. The van der Waals surface area contributed by atoms with E-state index in [-0.39, 0.29) is 11.8 Å². The number of nitrogens with two attached hydrogens (primary N) is 1. The highest BCUT2D eigenvalue weighted by Gasteiger charge is 2.13. The van der Waals surface area contributed by atoms with Gasteiger partial charge in [0.15, 0.2) is 0 Å². The molecule has 0 spiro atoms. The number of nitrogens with zero attached hydrogens (tertiary/aromatic N) is 1. The summed E-state index contributed by atoms with van der Waals surface area (Å²) in [5.41, 5.74) is 7.76. The third kappa shape index (κ3) is 3.76. The molecule has 1 aromatic carbocycles. The zero-order valence-electron chi connectivity index (χ0n) is 11.0. The number of hydrogen-bond donors (Lipinski definition) is 2. The van der Waals surface area contributed by atoms with Crippen LogP contribution in [0.5, 0.6) is 0 Å². The Morgan fingerprint density at radius 1 is 1.33 bits per heavy atom. The van der Waals surface area contributed by atoms with Crippen LogP contribution in [0.25, 0.3) is 0 Å². The first kappa shape index (κ1) is 14.0. The van der Waals surface area contributed by atoms with Crippen molar-refractivity contribution in [3.63, 3.8) is 0 Å². The second kappa shape index (κ2) is 6.05. The normalized spacial score (nSPS) is 9.94. The Morgan fingerprint density at radius 3 is 2.56 bits per heavy atom. The van der Waals surface area contributed by atoms with Crippen molar-refractivity contribution in [1.82, 2.24) is 10.2 Å². The van der Waals surface area contributed by atoms with E-state index in [2.05, 4.69) is 5.32 Å². The third-order valence-electron chi connectivity index (χ3n) is 2.65. The van der Waals surface area contributed by atoms with Crippen LogP contribution in [0.3, 0.4) is 0 Å². The molecule has 0 bridgehead atoms. The standard InChI is InChI=1S/C13H19N3O2/c1-9-6-10(8-11(14)7-9)13(18)16(3)5-4-12(17)15-2/h6-8H,4-5,14H2,1-3H3,(H,15,17). The fourth-order valence-electron chi connectivity index (χ4n) is 1.65. The molecular formula is C13H19N3O2. The zero-order chi connectivity index (χ0) is 13.7. The van der Waals surface area contributed by atoms with Crippen molar-refractivity contribution in [2.45, 2.75) is 13.3 Å². The minimum atomic E-state index is -0.130. The van der Waals surface area contributed by atoms with Gasteiger partial charge in [-0.15, -0.1) is 0 Å². The van der Waals surface area contributed by atoms with Gasteiger partial charge in [0.1, 0.15) is 0 Å². The van der Waals surface area contributed by atoms with Crippen LogP contribution >= 0.6 is 0 Å². The average molecular weight is 249 g/mol. The molecule has 18 heavy (non-hydrogen) atoms. The Hall–Kier alpha value is -2.04. The van der Waals surface area contributed by atoms with Gasteiger partial charge in [-0.25, -0.2) is 0 Å². The predicted octanol–water partition coefficient (Wildman–Crippen LogP) is 0.785. The summed E-state index contributed by atoms with van der Waals surface area (Å²) >= 11 is 0. The first-order valence-electron chi connectivity index (χ1n) is 5.77. The highest BCUT2D eigenvalue weighted by molar-refractivity contribution is 5.95. The molecule has 2 amide bonds. The fraction of sp³-hybridized carbons (Fsp3) is 0.385. The van der Waals surface area contributed by atoms with E-state index in [1.54, 1.807) is 32.3 Å². The molecule has 0 heterocycles. The summed E-state index contributed by atoms with van der Waals surface area (Å²) in [4.78, 5) is 24.7. The van der Waals surface area contributed by atoms with Gasteiger partial charge in [-0.05, 0) is 30.7 Å². The number of carbonyl (C=O) groups excluding carboxylic acids is 2. The smallest absolute Gasteiger partial charge is 0.253 e. The van der Waals surface area contributed by atoms with Gasteiger partial charge in [0.05, 0.1) is 0 Å². The fourth-order valence-corrected chi connectivity index (χ4v) is 1.65. The molecule has 5 nitrogen and oxygen atoms in total. The Labute approximate surface area is 107 Å². The van der Waals surface area contributed by atoms with E-state index >= 15 is 0 Å². The summed E-state index contributed by atoms with van der Waals surface area (Å²) < 4.78 is 0. The monoisotopic (exact) mass is 249 g/mol. The molecule has 1 rings (SSSR count). The zero-order valence-corrected chi connectivity index (χ0v) is 11.0. The molecule has 5 heteroatoms. The van der Waals surface area contributed by atoms with E-state index in [1.165, 1.54) is 4.90 Å². The molecule has 3 N–H and O–H groups in total. The van der Waals surface area contributed by atoms with Gasteiger partial charge >= 0.3 is 0 Å². The highest BCUT2D eigenvalue weighted by atomic mass is 16.2. The maximum absolute atomic E-state index is 12.1. The predicted molar refractivity (Wildman–Crippen MR) is 71.2 cm³/mol. The lowest BCUT2D eigenvalue weighted by Crippen LogP contribution is -2.31. The molecule has 0 saturated heterocycles. The van der Waals surface area contributed by atoms with Crippen molar-refractivity contribution in [2.24, 2.45) is 0 Å². The van der Waals surface area contributed by atoms with Crippen LogP contribution in [0.15, 0.2) is 18.2 Å². The van der Waals surface area contributed by atoms with Crippen molar-refractivity contribution in [2.75, 3.05) is 26.4 Å². The molecule has 0 radical (unpaired) electrons. The van der Waals surface area contributed by atoms with Crippen LogP contribution in [0.4, 0.5) is 5.69 Å². The van der Waals surface area contributed by atoms with Crippen LogP contribution in [0, 0.1) is 6.92 Å². The Bertz CT molecular complexity index is 437. The van der Waals surface area contributed by atoms with Crippen molar-refractivity contribution < 1.29 is 9.59 Å².